The van der Waals surface area contributed by atoms with E-state index in [1.807, 2.05) is 19.9 Å². The normalized spacial score (nSPS) is 11.5. The molecule has 0 fully saturated rings. The second-order valence-electron chi connectivity index (χ2n) is 4.81. The molecule has 0 radical (unpaired) electrons. The summed E-state index contributed by atoms with van der Waals surface area (Å²) in [5.41, 5.74) is 1.33. The molecule has 0 aliphatic heterocycles. The van der Waals surface area contributed by atoms with E-state index in [1.54, 1.807) is 0 Å². The molecule has 0 saturated carbocycles. The summed E-state index contributed by atoms with van der Waals surface area (Å²) >= 11 is 0. The van der Waals surface area contributed by atoms with Gasteiger partial charge in [-0.25, -0.2) is 9.97 Å². The van der Waals surface area contributed by atoms with Crippen molar-refractivity contribution >= 4 is 5.82 Å². The maximum absolute atomic E-state index is 4.35. The minimum absolute atomic E-state index is 0.312. The second kappa shape index (κ2) is 4.60. The number of aryl methyl sites for hydroxylation is 2. The van der Waals surface area contributed by atoms with Crippen molar-refractivity contribution in [3.63, 3.8) is 0 Å². The van der Waals surface area contributed by atoms with Crippen LogP contribution in [-0.4, -0.2) is 16.5 Å². The second-order valence-corrected chi connectivity index (χ2v) is 4.81. The van der Waals surface area contributed by atoms with Crippen LogP contribution in [0.5, 0.6) is 0 Å². The maximum atomic E-state index is 4.35. The van der Waals surface area contributed by atoms with Crippen LogP contribution in [0.4, 0.5) is 5.82 Å². The van der Waals surface area contributed by atoms with E-state index in [9.17, 15) is 0 Å². The fourth-order valence-electron chi connectivity index (χ4n) is 1.26. The number of hydrogen-bond donors (Lipinski definition) is 1. The van der Waals surface area contributed by atoms with Gasteiger partial charge in [0.2, 0.25) is 0 Å². The zero-order valence-corrected chi connectivity index (χ0v) is 10.4. The molecule has 1 heterocycles. The van der Waals surface area contributed by atoms with Gasteiger partial charge >= 0.3 is 0 Å². The lowest BCUT2D eigenvalue weighted by molar-refractivity contribution is 0.376. The number of rotatable bonds is 4. The van der Waals surface area contributed by atoms with E-state index >= 15 is 0 Å². The van der Waals surface area contributed by atoms with Gasteiger partial charge in [-0.2, -0.15) is 0 Å². The summed E-state index contributed by atoms with van der Waals surface area (Å²) in [4.78, 5) is 8.60. The number of nitrogens with zero attached hydrogens (tertiary/aromatic N) is 2. The predicted molar refractivity (Wildman–Crippen MR) is 64.1 cm³/mol. The average molecular weight is 207 g/mol. The van der Waals surface area contributed by atoms with Gasteiger partial charge in [-0.15, -0.1) is 0 Å². The fourth-order valence-corrected chi connectivity index (χ4v) is 1.26. The molecule has 1 rings (SSSR count). The first kappa shape index (κ1) is 12.0. The van der Waals surface area contributed by atoms with Crippen LogP contribution >= 0.6 is 0 Å². The van der Waals surface area contributed by atoms with Gasteiger partial charge in [-0.3, -0.25) is 0 Å². The highest BCUT2D eigenvalue weighted by atomic mass is 15.0. The molecule has 84 valence electrons. The molecular weight excluding hydrogens is 186 g/mol. The van der Waals surface area contributed by atoms with E-state index in [0.29, 0.717) is 5.41 Å². The Labute approximate surface area is 92.3 Å². The summed E-state index contributed by atoms with van der Waals surface area (Å²) in [6, 6.07) is 1.98. The SMILES string of the molecule is CCC(C)(C)CNc1cc(C)nc(C)n1. The standard InChI is InChI=1S/C12H21N3/c1-6-12(4,5)8-13-11-7-9(2)14-10(3)15-11/h7H,6,8H2,1-5H3,(H,13,14,15). The van der Waals surface area contributed by atoms with E-state index in [1.165, 1.54) is 0 Å². The van der Waals surface area contributed by atoms with Crippen molar-refractivity contribution in [2.45, 2.75) is 41.0 Å². The average Bonchev–Trinajstić information content (AvgIpc) is 2.14. The third-order valence-electron chi connectivity index (χ3n) is 2.67. The molecule has 0 aliphatic carbocycles. The van der Waals surface area contributed by atoms with Gasteiger partial charge in [-0.1, -0.05) is 20.8 Å². The minimum atomic E-state index is 0.312. The van der Waals surface area contributed by atoms with Crippen LogP contribution in [0.2, 0.25) is 0 Å². The Hall–Kier alpha value is -1.12. The highest BCUT2D eigenvalue weighted by molar-refractivity contribution is 5.35. The van der Waals surface area contributed by atoms with Gasteiger partial charge in [0.15, 0.2) is 0 Å². The van der Waals surface area contributed by atoms with Crippen molar-refractivity contribution in [2.75, 3.05) is 11.9 Å². The van der Waals surface area contributed by atoms with Crippen molar-refractivity contribution in [3.05, 3.63) is 17.6 Å². The Balaban J connectivity index is 2.65. The summed E-state index contributed by atoms with van der Waals surface area (Å²) in [5, 5.41) is 3.37. The van der Waals surface area contributed by atoms with E-state index < -0.39 is 0 Å². The molecule has 0 amide bonds. The monoisotopic (exact) mass is 207 g/mol. The van der Waals surface area contributed by atoms with Gasteiger partial charge in [0.05, 0.1) is 0 Å². The molecule has 0 aliphatic rings. The fraction of sp³-hybridized carbons (Fsp3) is 0.667. The van der Waals surface area contributed by atoms with Crippen LogP contribution < -0.4 is 5.32 Å². The van der Waals surface area contributed by atoms with Gasteiger partial charge in [0, 0.05) is 18.3 Å². The molecule has 0 aromatic carbocycles. The van der Waals surface area contributed by atoms with Crippen LogP contribution in [0.3, 0.4) is 0 Å². The lowest BCUT2D eigenvalue weighted by atomic mass is 9.90. The number of aromatic nitrogens is 2. The van der Waals surface area contributed by atoms with Crippen molar-refractivity contribution < 1.29 is 0 Å². The van der Waals surface area contributed by atoms with E-state index in [0.717, 1.165) is 30.3 Å². The van der Waals surface area contributed by atoms with Crippen molar-refractivity contribution in [1.29, 1.82) is 0 Å². The molecular formula is C12H21N3. The molecule has 0 atom stereocenters. The predicted octanol–water partition coefficient (Wildman–Crippen LogP) is 2.94. The Morgan fingerprint density at radius 1 is 1.27 bits per heavy atom. The molecule has 1 N–H and O–H groups in total. The highest BCUT2D eigenvalue weighted by Gasteiger charge is 2.14. The zero-order chi connectivity index (χ0) is 11.5. The summed E-state index contributed by atoms with van der Waals surface area (Å²) in [7, 11) is 0. The Morgan fingerprint density at radius 3 is 2.47 bits per heavy atom. The summed E-state index contributed by atoms with van der Waals surface area (Å²) in [6.07, 6.45) is 1.16. The summed E-state index contributed by atoms with van der Waals surface area (Å²) in [6.45, 7) is 11.6. The Kier molecular flexibility index (Phi) is 3.66. The molecule has 3 heteroatoms. The largest absolute Gasteiger partial charge is 0.369 e. The first-order valence-corrected chi connectivity index (χ1v) is 5.49. The first-order chi connectivity index (χ1) is 6.93. The highest BCUT2D eigenvalue weighted by Crippen LogP contribution is 2.20. The Bertz CT molecular complexity index is 311. The molecule has 0 saturated heterocycles. The quantitative estimate of drug-likeness (QED) is 0.825. The van der Waals surface area contributed by atoms with Crippen molar-refractivity contribution in [1.82, 2.24) is 9.97 Å². The van der Waals surface area contributed by atoms with E-state index in [-0.39, 0.29) is 0 Å². The number of nitrogens with one attached hydrogen (secondary N) is 1. The van der Waals surface area contributed by atoms with Gasteiger partial charge < -0.3 is 5.32 Å². The van der Waals surface area contributed by atoms with Crippen LogP contribution in [0, 0.1) is 19.3 Å². The molecule has 0 spiro atoms. The molecule has 1 aromatic rings. The summed E-state index contributed by atoms with van der Waals surface area (Å²) in [5.74, 6) is 1.76. The molecule has 3 nitrogen and oxygen atoms in total. The van der Waals surface area contributed by atoms with Crippen LogP contribution in [-0.2, 0) is 0 Å². The van der Waals surface area contributed by atoms with Crippen molar-refractivity contribution in [3.8, 4) is 0 Å². The molecule has 1 aromatic heterocycles. The number of hydrogen-bond acceptors (Lipinski definition) is 3. The Morgan fingerprint density at radius 2 is 1.93 bits per heavy atom. The third kappa shape index (κ3) is 3.86. The third-order valence-corrected chi connectivity index (χ3v) is 2.67. The van der Waals surface area contributed by atoms with Crippen molar-refractivity contribution in [2.24, 2.45) is 5.41 Å². The van der Waals surface area contributed by atoms with E-state index in [4.69, 9.17) is 0 Å². The van der Waals surface area contributed by atoms with Gasteiger partial charge in [0.25, 0.3) is 0 Å². The smallest absolute Gasteiger partial charge is 0.129 e. The maximum Gasteiger partial charge on any atom is 0.129 e. The molecule has 0 unspecified atom stereocenters. The van der Waals surface area contributed by atoms with Crippen LogP contribution in [0.1, 0.15) is 38.7 Å². The minimum Gasteiger partial charge on any atom is -0.369 e. The van der Waals surface area contributed by atoms with Crippen LogP contribution in [0.15, 0.2) is 6.07 Å². The first-order valence-electron chi connectivity index (χ1n) is 5.49. The lowest BCUT2D eigenvalue weighted by Gasteiger charge is -2.23. The summed E-state index contributed by atoms with van der Waals surface area (Å²) < 4.78 is 0. The number of anilines is 1. The topological polar surface area (TPSA) is 37.8 Å². The van der Waals surface area contributed by atoms with Crippen LogP contribution in [0.25, 0.3) is 0 Å². The lowest BCUT2D eigenvalue weighted by Crippen LogP contribution is -2.22. The van der Waals surface area contributed by atoms with E-state index in [2.05, 4.69) is 36.1 Å². The zero-order valence-electron chi connectivity index (χ0n) is 10.4. The molecule has 15 heavy (non-hydrogen) atoms. The van der Waals surface area contributed by atoms with Gasteiger partial charge in [0.1, 0.15) is 11.6 Å². The van der Waals surface area contributed by atoms with Gasteiger partial charge in [-0.05, 0) is 25.7 Å². The molecule has 0 bridgehead atoms.